The van der Waals surface area contributed by atoms with Crippen LogP contribution in [0.15, 0.2) is 30.1 Å². The van der Waals surface area contributed by atoms with Crippen molar-refractivity contribution < 1.29 is 24.2 Å². The van der Waals surface area contributed by atoms with Crippen LogP contribution in [0.1, 0.15) is 16.9 Å². The molecule has 0 aromatic carbocycles. The molecule has 3 aliphatic rings. The van der Waals surface area contributed by atoms with Crippen LogP contribution in [0.5, 0.6) is 5.75 Å². The molecule has 0 spiro atoms. The van der Waals surface area contributed by atoms with Crippen molar-refractivity contribution in [3.63, 3.8) is 0 Å². The number of hydrogen-bond acceptors (Lipinski definition) is 6. The second kappa shape index (κ2) is 7.27. The van der Waals surface area contributed by atoms with E-state index in [1.54, 1.807) is 29.3 Å². The Labute approximate surface area is 160 Å². The zero-order chi connectivity index (χ0) is 19.7. The Kier molecular flexibility index (Phi) is 4.65. The molecule has 1 aromatic rings. The quantitative estimate of drug-likeness (QED) is 0.413. The summed E-state index contributed by atoms with van der Waals surface area (Å²) in [5.41, 5.74) is 5.81. The minimum atomic E-state index is -1.26. The Hall–Kier alpha value is -3.47. The van der Waals surface area contributed by atoms with Crippen LogP contribution in [-0.4, -0.2) is 70.7 Å². The van der Waals surface area contributed by atoms with E-state index in [2.05, 4.69) is 15.8 Å². The van der Waals surface area contributed by atoms with Crippen LogP contribution in [0.3, 0.4) is 0 Å². The molecule has 4 rings (SSSR count). The molecule has 0 saturated carbocycles. The number of nitrogens with one attached hydrogen (secondary N) is 3. The van der Waals surface area contributed by atoms with E-state index in [4.69, 9.17) is 9.84 Å². The summed E-state index contributed by atoms with van der Waals surface area (Å²) in [4.78, 5) is 42.6. The number of hydrazine groups is 1. The lowest BCUT2D eigenvalue weighted by Gasteiger charge is -2.34. The van der Waals surface area contributed by atoms with Crippen molar-refractivity contribution in [2.24, 2.45) is 0 Å². The van der Waals surface area contributed by atoms with Gasteiger partial charge in [0.25, 0.3) is 5.91 Å². The molecular weight excluding hydrogens is 368 g/mol. The number of aromatic nitrogens is 1. The fourth-order valence-corrected chi connectivity index (χ4v) is 3.25. The summed E-state index contributed by atoms with van der Waals surface area (Å²) in [6.07, 6.45) is 4.64. The molecule has 4 heterocycles. The first-order valence-electron chi connectivity index (χ1n) is 8.86. The van der Waals surface area contributed by atoms with Gasteiger partial charge in [0, 0.05) is 31.1 Å². The minimum Gasteiger partial charge on any atom is -0.488 e. The van der Waals surface area contributed by atoms with E-state index in [1.165, 1.54) is 4.90 Å². The highest BCUT2D eigenvalue weighted by Gasteiger charge is 2.30. The summed E-state index contributed by atoms with van der Waals surface area (Å²) in [5.74, 6) is 1.17. The lowest BCUT2D eigenvalue weighted by Crippen LogP contribution is -2.51. The first-order valence-corrected chi connectivity index (χ1v) is 8.86. The number of rotatable bonds is 5. The molecule has 11 heteroatoms. The Morgan fingerprint density at radius 3 is 2.82 bits per heavy atom. The standard InChI is InChI=1S/C17H20N6O5/c24-10-22-5-2-11(8-14(22)19-20-17(26)27)23-6-7-28-13-9-12(18-15(13)23)16(25)21-3-1-4-21/h2,5,8-10,14,18-20H,1,3-4,6-7H2,(H,26,27). The number of aromatic amines is 1. The van der Waals surface area contributed by atoms with E-state index in [0.717, 1.165) is 25.2 Å². The minimum absolute atomic E-state index is 0.0605. The van der Waals surface area contributed by atoms with Crippen molar-refractivity contribution in [1.82, 2.24) is 25.6 Å². The smallest absolute Gasteiger partial charge is 0.419 e. The number of likely N-dealkylation sites (tertiary alicyclic amines) is 1. The zero-order valence-corrected chi connectivity index (χ0v) is 14.9. The molecule has 3 amide bonds. The molecule has 0 radical (unpaired) electrons. The average Bonchev–Trinajstić information content (AvgIpc) is 3.09. The van der Waals surface area contributed by atoms with Crippen molar-refractivity contribution in [3.05, 3.63) is 35.8 Å². The van der Waals surface area contributed by atoms with Gasteiger partial charge in [0.1, 0.15) is 18.5 Å². The first kappa shape index (κ1) is 17.9. The van der Waals surface area contributed by atoms with Gasteiger partial charge in [-0.05, 0) is 18.6 Å². The summed E-state index contributed by atoms with van der Waals surface area (Å²) in [6, 6.07) is 1.70. The van der Waals surface area contributed by atoms with Crippen LogP contribution in [0.2, 0.25) is 0 Å². The largest absolute Gasteiger partial charge is 0.488 e. The van der Waals surface area contributed by atoms with Gasteiger partial charge in [-0.3, -0.25) is 15.0 Å². The van der Waals surface area contributed by atoms with Gasteiger partial charge in [-0.1, -0.05) is 0 Å². The van der Waals surface area contributed by atoms with Crippen LogP contribution in [0.4, 0.5) is 10.6 Å². The fourth-order valence-electron chi connectivity index (χ4n) is 3.25. The number of H-pyrrole nitrogens is 1. The molecule has 4 N–H and O–H groups in total. The first-order chi connectivity index (χ1) is 13.6. The van der Waals surface area contributed by atoms with E-state index in [9.17, 15) is 14.4 Å². The number of carbonyl (C=O) groups excluding carboxylic acids is 2. The number of amides is 3. The maximum atomic E-state index is 12.5. The molecule has 1 unspecified atom stereocenters. The van der Waals surface area contributed by atoms with Crippen molar-refractivity contribution in [2.75, 3.05) is 31.1 Å². The normalized spacial score (nSPS) is 20.6. The number of carbonyl (C=O) groups is 3. The van der Waals surface area contributed by atoms with Crippen LogP contribution in [0.25, 0.3) is 0 Å². The van der Waals surface area contributed by atoms with Crippen molar-refractivity contribution in [1.29, 1.82) is 0 Å². The zero-order valence-electron chi connectivity index (χ0n) is 14.9. The SMILES string of the molecule is O=CN1C=CC(N2CCOc3cc(C(=O)N4CCC4)[nH]c32)=CC1NNC(=O)O. The number of allylic oxidation sites excluding steroid dienone is 1. The monoisotopic (exact) mass is 388 g/mol. The highest BCUT2D eigenvalue weighted by atomic mass is 16.5. The molecule has 1 atom stereocenters. The highest BCUT2D eigenvalue weighted by molar-refractivity contribution is 5.94. The lowest BCUT2D eigenvalue weighted by molar-refractivity contribution is -0.117. The van der Waals surface area contributed by atoms with E-state index >= 15 is 0 Å². The predicted molar refractivity (Wildman–Crippen MR) is 97.4 cm³/mol. The van der Waals surface area contributed by atoms with E-state index in [1.807, 2.05) is 4.90 Å². The summed E-state index contributed by atoms with van der Waals surface area (Å²) < 4.78 is 5.69. The lowest BCUT2D eigenvalue weighted by atomic mass is 10.2. The van der Waals surface area contributed by atoms with Crippen molar-refractivity contribution >= 4 is 24.2 Å². The van der Waals surface area contributed by atoms with Gasteiger partial charge in [-0.2, -0.15) is 0 Å². The summed E-state index contributed by atoms with van der Waals surface area (Å²) in [5, 5.41) is 8.79. The third-order valence-corrected chi connectivity index (χ3v) is 4.81. The van der Waals surface area contributed by atoms with Gasteiger partial charge in [0.05, 0.1) is 6.54 Å². The van der Waals surface area contributed by atoms with Gasteiger partial charge in [0.2, 0.25) is 6.41 Å². The third-order valence-electron chi connectivity index (χ3n) is 4.81. The Morgan fingerprint density at radius 1 is 1.32 bits per heavy atom. The predicted octanol–water partition coefficient (Wildman–Crippen LogP) is 0.0273. The third kappa shape index (κ3) is 3.27. The summed E-state index contributed by atoms with van der Waals surface area (Å²) in [6.45, 7) is 2.47. The van der Waals surface area contributed by atoms with Crippen LogP contribution in [0, 0.1) is 0 Å². The van der Waals surface area contributed by atoms with Crippen molar-refractivity contribution in [3.8, 4) is 5.75 Å². The molecule has 1 fully saturated rings. The molecule has 3 aliphatic heterocycles. The molecule has 11 nitrogen and oxygen atoms in total. The molecule has 1 saturated heterocycles. The summed E-state index contributed by atoms with van der Waals surface area (Å²) in [7, 11) is 0. The Morgan fingerprint density at radius 2 is 2.14 bits per heavy atom. The molecular formula is C17H20N6O5. The second-order valence-electron chi connectivity index (χ2n) is 6.52. The van der Waals surface area contributed by atoms with Crippen molar-refractivity contribution in [2.45, 2.75) is 12.6 Å². The molecule has 0 aliphatic carbocycles. The second-order valence-corrected chi connectivity index (χ2v) is 6.52. The number of anilines is 1. The van der Waals surface area contributed by atoms with E-state index in [0.29, 0.717) is 36.8 Å². The van der Waals surface area contributed by atoms with Crippen LogP contribution < -0.4 is 20.5 Å². The van der Waals surface area contributed by atoms with Gasteiger partial charge >= 0.3 is 6.09 Å². The maximum absolute atomic E-state index is 12.5. The highest BCUT2D eigenvalue weighted by Crippen LogP contribution is 2.35. The van der Waals surface area contributed by atoms with Crippen LogP contribution in [-0.2, 0) is 4.79 Å². The molecule has 148 valence electrons. The maximum Gasteiger partial charge on any atom is 0.419 e. The molecule has 1 aromatic heterocycles. The number of nitrogens with zero attached hydrogens (tertiary/aromatic N) is 3. The van der Waals surface area contributed by atoms with Gasteiger partial charge < -0.3 is 29.5 Å². The Bertz CT molecular complexity index is 858. The van der Waals surface area contributed by atoms with Gasteiger partial charge in [-0.15, -0.1) is 0 Å². The van der Waals surface area contributed by atoms with E-state index < -0.39 is 12.3 Å². The van der Waals surface area contributed by atoms with Gasteiger partial charge in [-0.25, -0.2) is 10.2 Å². The summed E-state index contributed by atoms with van der Waals surface area (Å²) >= 11 is 0. The molecule has 28 heavy (non-hydrogen) atoms. The number of hydrogen-bond donors (Lipinski definition) is 4. The van der Waals surface area contributed by atoms with Gasteiger partial charge in [0.15, 0.2) is 11.6 Å². The number of carboxylic acid groups (broad SMARTS) is 1. The number of fused-ring (bicyclic) bond motifs is 1. The average molecular weight is 388 g/mol. The van der Waals surface area contributed by atoms with Crippen LogP contribution >= 0.6 is 0 Å². The van der Waals surface area contributed by atoms with E-state index in [-0.39, 0.29) is 5.91 Å². The topological polar surface area (TPSA) is 130 Å². The Balaban J connectivity index is 1.58. The molecule has 0 bridgehead atoms. The fraction of sp³-hybridized carbons (Fsp3) is 0.353. The number of ether oxygens (including phenoxy) is 1.